The fraction of sp³-hybridized carbons (Fsp3) is 0.240. The van der Waals surface area contributed by atoms with Gasteiger partial charge in [-0.25, -0.2) is 0 Å². The number of methoxy groups -OCH3 is 1. The van der Waals surface area contributed by atoms with Crippen LogP contribution in [0.1, 0.15) is 28.4 Å². The van der Waals surface area contributed by atoms with Gasteiger partial charge < -0.3 is 19.9 Å². The zero-order chi connectivity index (χ0) is 21.8. The van der Waals surface area contributed by atoms with E-state index in [1.807, 2.05) is 60.7 Å². The van der Waals surface area contributed by atoms with Gasteiger partial charge in [0.05, 0.1) is 12.2 Å². The largest absolute Gasteiger partial charge is 0.505 e. The van der Waals surface area contributed by atoms with Crippen molar-refractivity contribution in [3.8, 4) is 11.5 Å². The number of benzene rings is 3. The summed E-state index contributed by atoms with van der Waals surface area (Å²) < 4.78 is 11.6. The molecule has 1 heterocycles. The maximum atomic E-state index is 12.0. The maximum absolute atomic E-state index is 12.0. The molecule has 3 N–H and O–H groups in total. The monoisotopic (exact) mass is 418 g/mol. The van der Waals surface area contributed by atoms with Crippen LogP contribution in [0.3, 0.4) is 0 Å². The molecule has 6 nitrogen and oxygen atoms in total. The van der Waals surface area contributed by atoms with Crippen molar-refractivity contribution in [1.29, 1.82) is 0 Å². The van der Waals surface area contributed by atoms with Crippen LogP contribution in [0.25, 0.3) is 0 Å². The molecule has 0 spiro atoms. The van der Waals surface area contributed by atoms with Gasteiger partial charge in [-0.1, -0.05) is 60.7 Å². The fourth-order valence-corrected chi connectivity index (χ4v) is 4.06. The van der Waals surface area contributed by atoms with E-state index in [9.17, 15) is 9.90 Å². The Labute approximate surface area is 181 Å². The highest BCUT2D eigenvalue weighted by Crippen LogP contribution is 2.48. The summed E-state index contributed by atoms with van der Waals surface area (Å²) in [6.45, 7) is 2.51. The number of Topliss-reactive ketones (excluding diaryl/α,β-unsaturated/α-hetero) is 1. The second kappa shape index (κ2) is 8.79. The molecule has 0 radical (unpaired) electrons. The van der Waals surface area contributed by atoms with Crippen molar-refractivity contribution in [3.05, 3.63) is 89.5 Å². The molecule has 3 aromatic rings. The van der Waals surface area contributed by atoms with Crippen LogP contribution in [0.2, 0.25) is 0 Å². The number of phenolic OH excluding ortho intramolecular Hbond substituents is 1. The summed E-state index contributed by atoms with van der Waals surface area (Å²) in [6, 6.07) is 23.2. The molecule has 0 aliphatic carbocycles. The van der Waals surface area contributed by atoms with Gasteiger partial charge in [0.2, 0.25) is 0 Å². The molecular weight excluding hydrogens is 392 g/mol. The molecule has 4 rings (SSSR count). The van der Waals surface area contributed by atoms with E-state index >= 15 is 0 Å². The van der Waals surface area contributed by atoms with E-state index in [1.54, 1.807) is 19.2 Å². The number of ether oxygens (including phenoxy) is 2. The van der Waals surface area contributed by atoms with Gasteiger partial charge in [-0.15, -0.1) is 0 Å². The minimum Gasteiger partial charge on any atom is -0.505 e. The SMILES string of the molecule is COCCNC1Oc2ccc(C(C)=O)c(O)c2NC1(c1ccccc1)c1ccccc1. The standard InChI is InChI=1S/C25H26N2O4/c1-17(28)20-13-14-21-22(23(20)29)27-25(18-9-5-3-6-10-18,19-11-7-4-8-12-19)24(31-21)26-15-16-30-2/h3-14,24,26-27,29H,15-16H2,1-2H3. The maximum Gasteiger partial charge on any atom is 0.182 e. The van der Waals surface area contributed by atoms with Gasteiger partial charge in [0, 0.05) is 13.7 Å². The number of rotatable bonds is 7. The lowest BCUT2D eigenvalue weighted by atomic mass is 9.79. The Hall–Kier alpha value is -3.35. The number of hydrogen-bond donors (Lipinski definition) is 3. The summed E-state index contributed by atoms with van der Waals surface area (Å²) >= 11 is 0. The van der Waals surface area contributed by atoms with E-state index in [2.05, 4.69) is 10.6 Å². The van der Waals surface area contributed by atoms with Crippen molar-refractivity contribution in [2.75, 3.05) is 25.6 Å². The lowest BCUT2D eigenvalue weighted by Gasteiger charge is -2.47. The number of carbonyl (C=O) groups excluding carboxylic acids is 1. The van der Waals surface area contributed by atoms with Crippen molar-refractivity contribution < 1.29 is 19.4 Å². The first-order chi connectivity index (χ1) is 15.1. The van der Waals surface area contributed by atoms with Crippen molar-refractivity contribution in [3.63, 3.8) is 0 Å². The lowest BCUT2D eigenvalue weighted by Crippen LogP contribution is -2.59. The number of phenols is 1. The van der Waals surface area contributed by atoms with Gasteiger partial charge in [-0.05, 0) is 30.2 Å². The third-order valence-electron chi connectivity index (χ3n) is 5.57. The van der Waals surface area contributed by atoms with Crippen LogP contribution in [0, 0.1) is 0 Å². The first-order valence-electron chi connectivity index (χ1n) is 10.2. The fourth-order valence-electron chi connectivity index (χ4n) is 4.06. The van der Waals surface area contributed by atoms with Gasteiger partial charge in [-0.2, -0.15) is 0 Å². The number of aromatic hydroxyl groups is 1. The molecule has 0 saturated carbocycles. The molecule has 1 atom stereocenters. The van der Waals surface area contributed by atoms with Crippen molar-refractivity contribution >= 4 is 11.5 Å². The first-order valence-corrected chi connectivity index (χ1v) is 10.2. The number of carbonyl (C=O) groups is 1. The molecular formula is C25H26N2O4. The molecule has 0 saturated heterocycles. The number of hydrogen-bond acceptors (Lipinski definition) is 6. The molecule has 31 heavy (non-hydrogen) atoms. The number of fused-ring (bicyclic) bond motifs is 1. The topological polar surface area (TPSA) is 79.8 Å². The summed E-state index contributed by atoms with van der Waals surface area (Å²) in [5.41, 5.74) is 1.68. The van der Waals surface area contributed by atoms with E-state index in [0.29, 0.717) is 24.6 Å². The average molecular weight is 418 g/mol. The Balaban J connectivity index is 1.93. The highest BCUT2D eigenvalue weighted by atomic mass is 16.5. The van der Waals surface area contributed by atoms with Crippen LogP contribution in [0.4, 0.5) is 5.69 Å². The molecule has 160 valence electrons. The van der Waals surface area contributed by atoms with Gasteiger partial charge in [0.15, 0.2) is 17.8 Å². The summed E-state index contributed by atoms with van der Waals surface area (Å²) in [7, 11) is 1.65. The number of ketones is 1. The Morgan fingerprint density at radius 1 is 1.06 bits per heavy atom. The third-order valence-corrected chi connectivity index (χ3v) is 5.57. The highest BCUT2D eigenvalue weighted by molar-refractivity contribution is 5.99. The van der Waals surface area contributed by atoms with Gasteiger partial charge in [0.1, 0.15) is 17.0 Å². The highest BCUT2D eigenvalue weighted by Gasteiger charge is 2.48. The van der Waals surface area contributed by atoms with E-state index in [4.69, 9.17) is 9.47 Å². The summed E-state index contributed by atoms with van der Waals surface area (Å²) in [6.07, 6.45) is -0.512. The molecule has 3 aromatic carbocycles. The molecule has 1 aliphatic heterocycles. The lowest BCUT2D eigenvalue weighted by molar-refractivity contribution is 0.0842. The molecule has 1 unspecified atom stereocenters. The molecule has 0 fully saturated rings. The molecule has 6 heteroatoms. The van der Waals surface area contributed by atoms with Crippen LogP contribution in [0.5, 0.6) is 11.5 Å². The van der Waals surface area contributed by atoms with Crippen LogP contribution in [-0.4, -0.2) is 37.4 Å². The molecule has 0 aromatic heterocycles. The van der Waals surface area contributed by atoms with E-state index < -0.39 is 11.8 Å². The van der Waals surface area contributed by atoms with E-state index in [1.165, 1.54) is 6.92 Å². The zero-order valence-electron chi connectivity index (χ0n) is 17.6. The smallest absolute Gasteiger partial charge is 0.182 e. The van der Waals surface area contributed by atoms with Crippen molar-refractivity contribution in [1.82, 2.24) is 5.32 Å². The van der Waals surface area contributed by atoms with Crippen LogP contribution < -0.4 is 15.4 Å². The van der Waals surface area contributed by atoms with Crippen molar-refractivity contribution in [2.24, 2.45) is 0 Å². The van der Waals surface area contributed by atoms with Gasteiger partial charge in [-0.3, -0.25) is 10.1 Å². The van der Waals surface area contributed by atoms with Crippen molar-refractivity contribution in [2.45, 2.75) is 18.7 Å². The molecule has 1 aliphatic rings. The predicted molar refractivity (Wildman–Crippen MR) is 120 cm³/mol. The number of nitrogens with one attached hydrogen (secondary N) is 2. The second-order valence-electron chi connectivity index (χ2n) is 7.50. The summed E-state index contributed by atoms with van der Waals surface area (Å²) in [5, 5.41) is 17.9. The van der Waals surface area contributed by atoms with Crippen LogP contribution in [0.15, 0.2) is 72.8 Å². The average Bonchev–Trinajstić information content (AvgIpc) is 2.80. The van der Waals surface area contributed by atoms with Gasteiger partial charge in [0.25, 0.3) is 0 Å². The Morgan fingerprint density at radius 2 is 1.68 bits per heavy atom. The van der Waals surface area contributed by atoms with Crippen LogP contribution in [-0.2, 0) is 10.3 Å². The molecule has 0 bridgehead atoms. The Morgan fingerprint density at radius 3 is 2.23 bits per heavy atom. The quantitative estimate of drug-likeness (QED) is 0.307. The van der Waals surface area contributed by atoms with E-state index in [0.717, 1.165) is 11.1 Å². The third kappa shape index (κ3) is 3.76. The Bertz CT molecular complexity index is 1010. The van der Waals surface area contributed by atoms with Crippen LogP contribution >= 0.6 is 0 Å². The normalized spacial score (nSPS) is 16.6. The van der Waals surface area contributed by atoms with Gasteiger partial charge >= 0.3 is 0 Å². The van der Waals surface area contributed by atoms with E-state index in [-0.39, 0.29) is 17.1 Å². The summed E-state index contributed by atoms with van der Waals surface area (Å²) in [4.78, 5) is 12.0. The summed E-state index contributed by atoms with van der Waals surface area (Å²) in [5.74, 6) is 0.143. The molecule has 0 amide bonds. The minimum atomic E-state index is -0.865. The second-order valence-corrected chi connectivity index (χ2v) is 7.50. The number of anilines is 1. The minimum absolute atomic E-state index is 0.114. The zero-order valence-corrected chi connectivity index (χ0v) is 17.6. The first kappa shape index (κ1) is 20.9. The Kier molecular flexibility index (Phi) is 5.93. The predicted octanol–water partition coefficient (Wildman–Crippen LogP) is 3.91.